The van der Waals surface area contributed by atoms with Gasteiger partial charge in [0.2, 0.25) is 0 Å². The van der Waals surface area contributed by atoms with Crippen LogP contribution in [0, 0.1) is 0 Å². The number of nitrogens with one attached hydrogen (secondary N) is 1. The van der Waals surface area contributed by atoms with Crippen LogP contribution in [0.2, 0.25) is 0 Å². The van der Waals surface area contributed by atoms with E-state index in [0.717, 1.165) is 15.9 Å². The first-order chi connectivity index (χ1) is 8.66. The maximum atomic E-state index is 5.29. The van der Waals surface area contributed by atoms with Crippen LogP contribution in [0.1, 0.15) is 5.69 Å². The molecule has 6 heteroatoms. The van der Waals surface area contributed by atoms with Crippen LogP contribution in [-0.4, -0.2) is 15.9 Å². The lowest BCUT2D eigenvalue weighted by Crippen LogP contribution is -2.24. The molecule has 0 aliphatic heterocycles. The molecule has 2 aromatic rings. The summed E-state index contributed by atoms with van der Waals surface area (Å²) in [5.41, 5.74) is 9.81. The average Bonchev–Trinajstić information content (AvgIpc) is 2.78. The summed E-state index contributed by atoms with van der Waals surface area (Å²) in [6.45, 7) is 0. The zero-order valence-corrected chi connectivity index (χ0v) is 11.8. The Morgan fingerprint density at radius 2 is 2.06 bits per heavy atom. The molecule has 0 spiro atoms. The van der Waals surface area contributed by atoms with Crippen molar-refractivity contribution in [3.63, 3.8) is 0 Å². The van der Waals surface area contributed by atoms with Gasteiger partial charge in [-0.15, -0.1) is 0 Å². The summed E-state index contributed by atoms with van der Waals surface area (Å²) in [5.74, 6) is 0. The number of hydrazone groups is 1. The number of hydrogen-bond acceptors (Lipinski definition) is 2. The Balaban J connectivity index is 2.24. The monoisotopic (exact) mass is 322 g/mol. The average molecular weight is 323 g/mol. The van der Waals surface area contributed by atoms with Gasteiger partial charge in [0.05, 0.1) is 11.9 Å². The van der Waals surface area contributed by atoms with Crippen molar-refractivity contribution in [2.45, 2.75) is 0 Å². The third-order valence-electron chi connectivity index (χ3n) is 2.26. The third kappa shape index (κ3) is 3.18. The fourth-order valence-corrected chi connectivity index (χ4v) is 1.82. The number of nitrogens with two attached hydrogens (primary N) is 1. The molecule has 0 saturated carbocycles. The maximum Gasteiger partial charge on any atom is 0.184 e. The zero-order chi connectivity index (χ0) is 13.0. The van der Waals surface area contributed by atoms with Gasteiger partial charge in [-0.1, -0.05) is 15.9 Å². The van der Waals surface area contributed by atoms with E-state index in [1.54, 1.807) is 6.21 Å². The van der Waals surface area contributed by atoms with E-state index in [0.29, 0.717) is 0 Å². The van der Waals surface area contributed by atoms with Crippen molar-refractivity contribution in [1.82, 2.24) is 9.99 Å². The highest BCUT2D eigenvalue weighted by molar-refractivity contribution is 9.10. The molecule has 0 saturated heterocycles. The van der Waals surface area contributed by atoms with Gasteiger partial charge in [0.1, 0.15) is 0 Å². The molecule has 0 bridgehead atoms. The molecule has 0 amide bonds. The van der Waals surface area contributed by atoms with Crippen molar-refractivity contribution in [2.75, 3.05) is 0 Å². The van der Waals surface area contributed by atoms with Crippen LogP contribution in [0.3, 0.4) is 0 Å². The summed E-state index contributed by atoms with van der Waals surface area (Å²) >= 11 is 8.08. The van der Waals surface area contributed by atoms with Gasteiger partial charge in [-0.25, -0.2) is 0 Å². The zero-order valence-electron chi connectivity index (χ0n) is 9.38. The summed E-state index contributed by atoms with van der Waals surface area (Å²) < 4.78 is 3.06. The SMILES string of the molecule is NC(=S)N/N=C\c1cccn1-c1ccc(Br)cc1. The minimum Gasteiger partial charge on any atom is -0.375 e. The molecule has 0 aliphatic carbocycles. The molecule has 92 valence electrons. The van der Waals surface area contributed by atoms with Crippen LogP contribution in [0.15, 0.2) is 52.2 Å². The fraction of sp³-hybridized carbons (Fsp3) is 0. The van der Waals surface area contributed by atoms with Crippen molar-refractivity contribution in [2.24, 2.45) is 10.8 Å². The van der Waals surface area contributed by atoms with E-state index in [1.165, 1.54) is 0 Å². The summed E-state index contributed by atoms with van der Waals surface area (Å²) in [6, 6.07) is 11.9. The number of thiocarbonyl (C=S) groups is 1. The number of nitrogens with zero attached hydrogens (tertiary/aromatic N) is 2. The molecule has 1 aromatic heterocycles. The Bertz CT molecular complexity index is 574. The Labute approximate surface area is 119 Å². The summed E-state index contributed by atoms with van der Waals surface area (Å²) in [5, 5.41) is 4.09. The van der Waals surface area contributed by atoms with Crippen LogP contribution >= 0.6 is 28.1 Å². The first-order valence-corrected chi connectivity index (χ1v) is 6.39. The lowest BCUT2D eigenvalue weighted by atomic mass is 10.3. The van der Waals surface area contributed by atoms with Crippen molar-refractivity contribution < 1.29 is 0 Å². The Hall–Kier alpha value is -1.66. The minimum atomic E-state index is 0.146. The second-order valence-electron chi connectivity index (χ2n) is 3.51. The van der Waals surface area contributed by atoms with Crippen molar-refractivity contribution in [3.8, 4) is 5.69 Å². The highest BCUT2D eigenvalue weighted by Crippen LogP contribution is 2.15. The highest BCUT2D eigenvalue weighted by Gasteiger charge is 2.00. The molecular weight excluding hydrogens is 312 g/mol. The maximum absolute atomic E-state index is 5.29. The van der Waals surface area contributed by atoms with Crippen molar-refractivity contribution in [1.29, 1.82) is 0 Å². The summed E-state index contributed by atoms with van der Waals surface area (Å²) in [6.07, 6.45) is 3.63. The van der Waals surface area contributed by atoms with E-state index in [4.69, 9.17) is 5.73 Å². The van der Waals surface area contributed by atoms with Crippen LogP contribution in [-0.2, 0) is 0 Å². The van der Waals surface area contributed by atoms with Gasteiger partial charge in [0, 0.05) is 16.4 Å². The van der Waals surface area contributed by atoms with Crippen LogP contribution in [0.4, 0.5) is 0 Å². The van der Waals surface area contributed by atoms with E-state index in [1.807, 2.05) is 47.2 Å². The van der Waals surface area contributed by atoms with Crippen LogP contribution < -0.4 is 11.2 Å². The molecule has 0 radical (unpaired) electrons. The Morgan fingerprint density at radius 1 is 1.33 bits per heavy atom. The topological polar surface area (TPSA) is 55.3 Å². The number of halogens is 1. The summed E-state index contributed by atoms with van der Waals surface area (Å²) in [4.78, 5) is 0. The van der Waals surface area contributed by atoms with Gasteiger partial charge >= 0.3 is 0 Å². The molecule has 0 atom stereocenters. The van der Waals surface area contributed by atoms with Gasteiger partial charge in [0.25, 0.3) is 0 Å². The predicted octanol–water partition coefficient (Wildman–Crippen LogP) is 2.41. The number of rotatable bonds is 3. The van der Waals surface area contributed by atoms with Gasteiger partial charge < -0.3 is 10.3 Å². The number of hydrogen-bond donors (Lipinski definition) is 2. The van der Waals surface area contributed by atoms with E-state index in [-0.39, 0.29) is 5.11 Å². The molecule has 3 N–H and O–H groups in total. The second-order valence-corrected chi connectivity index (χ2v) is 4.87. The first-order valence-electron chi connectivity index (χ1n) is 5.18. The molecule has 2 rings (SSSR count). The quantitative estimate of drug-likeness (QED) is 0.518. The lowest BCUT2D eigenvalue weighted by molar-refractivity contribution is 1.02. The Kier molecular flexibility index (Phi) is 4.11. The Morgan fingerprint density at radius 3 is 2.72 bits per heavy atom. The second kappa shape index (κ2) is 5.79. The lowest BCUT2D eigenvalue weighted by Gasteiger charge is -2.06. The van der Waals surface area contributed by atoms with Crippen molar-refractivity contribution >= 4 is 39.5 Å². The molecule has 1 aromatic carbocycles. The predicted molar refractivity (Wildman–Crippen MR) is 81.0 cm³/mol. The standard InChI is InChI=1S/C12H11BrN4S/c13-9-3-5-10(6-4-9)17-7-1-2-11(17)8-15-16-12(14)18/h1-8H,(H3,14,16,18)/b15-8-. The van der Waals surface area contributed by atoms with Gasteiger partial charge in [-0.05, 0) is 48.6 Å². The first kappa shape index (κ1) is 12.8. The molecule has 0 aliphatic rings. The molecule has 0 unspecified atom stereocenters. The van der Waals surface area contributed by atoms with E-state index < -0.39 is 0 Å². The number of benzene rings is 1. The van der Waals surface area contributed by atoms with E-state index in [9.17, 15) is 0 Å². The van der Waals surface area contributed by atoms with Gasteiger partial charge in [-0.3, -0.25) is 5.43 Å². The largest absolute Gasteiger partial charge is 0.375 e. The van der Waals surface area contributed by atoms with Gasteiger partial charge in [-0.2, -0.15) is 5.10 Å². The van der Waals surface area contributed by atoms with Crippen molar-refractivity contribution in [3.05, 3.63) is 52.8 Å². The molecule has 4 nitrogen and oxygen atoms in total. The fourth-order valence-electron chi connectivity index (χ4n) is 1.50. The molecule has 18 heavy (non-hydrogen) atoms. The smallest absolute Gasteiger partial charge is 0.184 e. The van der Waals surface area contributed by atoms with Crippen LogP contribution in [0.5, 0.6) is 0 Å². The summed E-state index contributed by atoms with van der Waals surface area (Å²) in [7, 11) is 0. The highest BCUT2D eigenvalue weighted by atomic mass is 79.9. The molecular formula is C12H11BrN4S. The third-order valence-corrected chi connectivity index (χ3v) is 2.88. The number of aromatic nitrogens is 1. The minimum absolute atomic E-state index is 0.146. The molecule has 0 fully saturated rings. The molecule has 1 heterocycles. The van der Waals surface area contributed by atoms with E-state index in [2.05, 4.69) is 38.7 Å². The van der Waals surface area contributed by atoms with Gasteiger partial charge in [0.15, 0.2) is 5.11 Å². The van der Waals surface area contributed by atoms with E-state index >= 15 is 0 Å². The van der Waals surface area contributed by atoms with Crippen LogP contribution in [0.25, 0.3) is 5.69 Å². The normalized spacial score (nSPS) is 10.7.